The minimum absolute atomic E-state index is 0.0674. The van der Waals surface area contributed by atoms with E-state index in [2.05, 4.69) is 15.5 Å². The third-order valence-corrected chi connectivity index (χ3v) is 5.61. The van der Waals surface area contributed by atoms with E-state index in [-0.39, 0.29) is 18.0 Å². The highest BCUT2D eigenvalue weighted by molar-refractivity contribution is 7.99. The first-order chi connectivity index (χ1) is 16.0. The van der Waals surface area contributed by atoms with Crippen LogP contribution in [0.5, 0.6) is 5.75 Å². The molecular weight excluding hydrogens is 470 g/mol. The zero-order chi connectivity index (χ0) is 23.2. The Labute approximate surface area is 197 Å². The Morgan fingerprint density at radius 3 is 2.52 bits per heavy atom. The molecule has 0 saturated carbocycles. The second-order valence-corrected chi connectivity index (χ2v) is 8.15. The maximum absolute atomic E-state index is 13.8. The molecule has 0 aliphatic carbocycles. The van der Waals surface area contributed by atoms with Crippen LogP contribution in [-0.4, -0.2) is 26.4 Å². The lowest BCUT2D eigenvalue weighted by atomic mass is 10.3. The second-order valence-electron chi connectivity index (χ2n) is 6.77. The first kappa shape index (κ1) is 22.8. The Kier molecular flexibility index (Phi) is 7.21. The van der Waals surface area contributed by atoms with Crippen LogP contribution in [0.25, 0.3) is 5.69 Å². The number of amides is 1. The summed E-state index contributed by atoms with van der Waals surface area (Å²) in [5, 5.41) is 11.9. The van der Waals surface area contributed by atoms with Crippen molar-refractivity contribution in [2.45, 2.75) is 11.8 Å². The van der Waals surface area contributed by atoms with Crippen LogP contribution in [0, 0.1) is 11.6 Å². The van der Waals surface area contributed by atoms with Gasteiger partial charge in [-0.3, -0.25) is 9.36 Å². The number of ether oxygens (including phenoxy) is 1. The van der Waals surface area contributed by atoms with Gasteiger partial charge in [0.2, 0.25) is 5.91 Å². The molecule has 33 heavy (non-hydrogen) atoms. The number of halogens is 3. The van der Waals surface area contributed by atoms with E-state index < -0.39 is 17.5 Å². The Morgan fingerprint density at radius 2 is 1.79 bits per heavy atom. The van der Waals surface area contributed by atoms with Crippen LogP contribution in [0.2, 0.25) is 5.02 Å². The molecule has 0 unspecified atom stereocenters. The third-order valence-electron chi connectivity index (χ3n) is 4.43. The lowest BCUT2D eigenvalue weighted by molar-refractivity contribution is -0.113. The second kappa shape index (κ2) is 10.5. The quantitative estimate of drug-likeness (QED) is 0.333. The molecule has 0 spiro atoms. The molecule has 1 aromatic heterocycles. The summed E-state index contributed by atoms with van der Waals surface area (Å²) in [7, 11) is 0. The van der Waals surface area contributed by atoms with Crippen molar-refractivity contribution in [3.63, 3.8) is 0 Å². The maximum Gasteiger partial charge on any atom is 0.234 e. The number of nitrogens with one attached hydrogen (secondary N) is 1. The molecule has 168 valence electrons. The largest absolute Gasteiger partial charge is 0.486 e. The predicted molar refractivity (Wildman–Crippen MR) is 123 cm³/mol. The third kappa shape index (κ3) is 5.88. The molecule has 0 aliphatic heterocycles. The molecule has 0 saturated heterocycles. The number of rotatable bonds is 8. The number of aromatic nitrogens is 3. The van der Waals surface area contributed by atoms with Crippen molar-refractivity contribution in [1.29, 1.82) is 0 Å². The van der Waals surface area contributed by atoms with Crippen LogP contribution in [0.4, 0.5) is 14.5 Å². The van der Waals surface area contributed by atoms with Crippen LogP contribution in [0.15, 0.2) is 78.0 Å². The van der Waals surface area contributed by atoms with Crippen LogP contribution in [-0.2, 0) is 11.4 Å². The van der Waals surface area contributed by atoms with E-state index in [1.54, 1.807) is 28.8 Å². The smallest absolute Gasteiger partial charge is 0.234 e. The molecular formula is C23H17ClF2N4O2S. The Hall–Kier alpha value is -3.43. The van der Waals surface area contributed by atoms with E-state index in [1.807, 2.05) is 30.3 Å². The lowest BCUT2D eigenvalue weighted by Gasteiger charge is -2.11. The fourth-order valence-electron chi connectivity index (χ4n) is 2.91. The van der Waals surface area contributed by atoms with Crippen molar-refractivity contribution in [2.75, 3.05) is 11.1 Å². The highest BCUT2D eigenvalue weighted by atomic mass is 35.5. The van der Waals surface area contributed by atoms with Crippen molar-refractivity contribution in [2.24, 2.45) is 0 Å². The standard InChI is InChI=1S/C23H17ClF2N4O2S/c24-15-6-9-17(10-7-15)30-21(13-32-18-4-2-1-3-5-18)28-29-23(30)33-14-22(31)27-20-11-8-16(25)12-19(20)26/h1-12H,13-14H2,(H,27,31). The van der Waals surface area contributed by atoms with Crippen LogP contribution in [0.3, 0.4) is 0 Å². The van der Waals surface area contributed by atoms with E-state index in [1.165, 1.54) is 6.07 Å². The number of hydrogen-bond donors (Lipinski definition) is 1. The van der Waals surface area contributed by atoms with Gasteiger partial charge in [0.05, 0.1) is 11.4 Å². The summed E-state index contributed by atoms with van der Waals surface area (Å²) in [6.45, 7) is 0.146. The Morgan fingerprint density at radius 1 is 1.03 bits per heavy atom. The summed E-state index contributed by atoms with van der Waals surface area (Å²) in [6.07, 6.45) is 0. The van der Waals surface area contributed by atoms with Gasteiger partial charge >= 0.3 is 0 Å². The minimum atomic E-state index is -0.849. The van der Waals surface area contributed by atoms with Gasteiger partial charge < -0.3 is 10.1 Å². The molecule has 0 radical (unpaired) electrons. The average molecular weight is 487 g/mol. The number of benzene rings is 3. The minimum Gasteiger partial charge on any atom is -0.486 e. The summed E-state index contributed by atoms with van der Waals surface area (Å²) in [5.41, 5.74) is 0.640. The number of nitrogens with zero attached hydrogens (tertiary/aromatic N) is 3. The summed E-state index contributed by atoms with van der Waals surface area (Å²) < 4.78 is 34.4. The number of thioether (sulfide) groups is 1. The molecule has 0 aliphatic rings. The Bertz CT molecular complexity index is 1250. The topological polar surface area (TPSA) is 69.0 Å². The summed E-state index contributed by atoms with van der Waals surface area (Å²) in [4.78, 5) is 12.3. The van der Waals surface area contributed by atoms with Crippen LogP contribution >= 0.6 is 23.4 Å². The molecule has 3 aromatic carbocycles. The fraction of sp³-hybridized carbons (Fsp3) is 0.0870. The number of carbonyl (C=O) groups excluding carboxylic acids is 1. The Balaban J connectivity index is 1.51. The molecule has 4 aromatic rings. The van der Waals surface area contributed by atoms with Gasteiger partial charge in [-0.25, -0.2) is 8.78 Å². The van der Waals surface area contributed by atoms with Crippen molar-refractivity contribution in [3.8, 4) is 11.4 Å². The molecule has 6 nitrogen and oxygen atoms in total. The first-order valence-electron chi connectivity index (χ1n) is 9.75. The zero-order valence-electron chi connectivity index (χ0n) is 17.0. The van der Waals surface area contributed by atoms with Crippen molar-refractivity contribution >= 4 is 35.0 Å². The molecule has 1 amide bonds. The van der Waals surface area contributed by atoms with Crippen LogP contribution < -0.4 is 10.1 Å². The number of hydrogen-bond acceptors (Lipinski definition) is 5. The predicted octanol–water partition coefficient (Wildman–Crippen LogP) is 5.51. The first-order valence-corrected chi connectivity index (χ1v) is 11.1. The number of carbonyl (C=O) groups is 1. The maximum atomic E-state index is 13.8. The fourth-order valence-corrected chi connectivity index (χ4v) is 3.81. The van der Waals surface area contributed by atoms with Crippen LogP contribution in [0.1, 0.15) is 5.82 Å². The number of para-hydroxylation sites is 1. The number of anilines is 1. The molecule has 0 fully saturated rings. The molecule has 0 atom stereocenters. The normalized spacial score (nSPS) is 10.8. The molecule has 1 N–H and O–H groups in total. The lowest BCUT2D eigenvalue weighted by Crippen LogP contribution is -2.16. The van der Waals surface area contributed by atoms with Gasteiger partial charge in [0, 0.05) is 16.8 Å². The van der Waals surface area contributed by atoms with Gasteiger partial charge in [0.15, 0.2) is 11.0 Å². The van der Waals surface area contributed by atoms with Crippen molar-refractivity contribution in [1.82, 2.24) is 14.8 Å². The summed E-state index contributed by atoms with van der Waals surface area (Å²) >= 11 is 7.14. The average Bonchev–Trinajstić information content (AvgIpc) is 3.22. The van der Waals surface area contributed by atoms with Gasteiger partial charge in [-0.2, -0.15) is 0 Å². The van der Waals surface area contributed by atoms with E-state index in [9.17, 15) is 13.6 Å². The zero-order valence-corrected chi connectivity index (χ0v) is 18.6. The van der Waals surface area contributed by atoms with Gasteiger partial charge in [-0.05, 0) is 48.5 Å². The highest BCUT2D eigenvalue weighted by Gasteiger charge is 2.17. The van der Waals surface area contributed by atoms with Gasteiger partial charge in [-0.1, -0.05) is 41.6 Å². The summed E-state index contributed by atoms with van der Waals surface area (Å²) in [6, 6.07) is 19.3. The van der Waals surface area contributed by atoms with E-state index in [4.69, 9.17) is 16.3 Å². The highest BCUT2D eigenvalue weighted by Crippen LogP contribution is 2.25. The van der Waals surface area contributed by atoms with Crippen molar-refractivity contribution in [3.05, 3.63) is 95.3 Å². The molecule has 1 heterocycles. The van der Waals surface area contributed by atoms with Gasteiger partial charge in [-0.15, -0.1) is 10.2 Å². The summed E-state index contributed by atoms with van der Waals surface area (Å²) in [5.74, 6) is -0.911. The van der Waals surface area contributed by atoms with Gasteiger partial charge in [0.1, 0.15) is 24.0 Å². The molecule has 10 heteroatoms. The monoisotopic (exact) mass is 486 g/mol. The SMILES string of the molecule is O=C(CSc1nnc(COc2ccccc2)n1-c1ccc(Cl)cc1)Nc1ccc(F)cc1F. The van der Waals surface area contributed by atoms with Crippen molar-refractivity contribution < 1.29 is 18.3 Å². The van der Waals surface area contributed by atoms with E-state index >= 15 is 0 Å². The molecule has 4 rings (SSSR count). The van der Waals surface area contributed by atoms with E-state index in [0.717, 1.165) is 23.5 Å². The van der Waals surface area contributed by atoms with Gasteiger partial charge in [0.25, 0.3) is 0 Å². The van der Waals surface area contributed by atoms with E-state index in [0.29, 0.717) is 27.8 Å². The molecule has 0 bridgehead atoms.